The van der Waals surface area contributed by atoms with Gasteiger partial charge in [-0.3, -0.25) is 19.2 Å². The highest BCUT2D eigenvalue weighted by Gasteiger charge is 2.26. The van der Waals surface area contributed by atoms with E-state index in [0.29, 0.717) is 33.9 Å². The molecule has 1 aromatic heterocycles. The minimum Gasteiger partial charge on any atom is -0.454 e. The van der Waals surface area contributed by atoms with Gasteiger partial charge in [-0.15, -0.1) is 0 Å². The number of rotatable bonds is 7. The van der Waals surface area contributed by atoms with Crippen molar-refractivity contribution in [2.75, 3.05) is 13.3 Å². The van der Waals surface area contributed by atoms with Crippen molar-refractivity contribution in [2.45, 2.75) is 33.8 Å². The third-order valence-electron chi connectivity index (χ3n) is 4.74. The van der Waals surface area contributed by atoms with E-state index < -0.39 is 30.3 Å². The molecule has 2 N–H and O–H groups in total. The van der Waals surface area contributed by atoms with Crippen molar-refractivity contribution in [2.24, 2.45) is 0 Å². The molecule has 1 aliphatic heterocycles. The average Bonchev–Trinajstić information content (AvgIpc) is 3.28. The van der Waals surface area contributed by atoms with Crippen LogP contribution in [0.5, 0.6) is 11.5 Å². The predicted molar refractivity (Wildman–Crippen MR) is 105 cm³/mol. The minimum absolute atomic E-state index is 0.0897. The van der Waals surface area contributed by atoms with Crippen LogP contribution in [-0.4, -0.2) is 47.9 Å². The number of ether oxygens (including phenoxy) is 3. The maximum Gasteiger partial charge on any atom is 0.326 e. The Morgan fingerprint density at radius 3 is 2.53 bits per heavy atom. The molecule has 0 unspecified atom stereocenters. The first-order valence-electron chi connectivity index (χ1n) is 9.30. The van der Waals surface area contributed by atoms with E-state index in [0.717, 1.165) is 0 Å². The first-order valence-corrected chi connectivity index (χ1v) is 9.30. The van der Waals surface area contributed by atoms with E-state index in [4.69, 9.17) is 14.2 Å². The number of amides is 1. The second-order valence-corrected chi connectivity index (χ2v) is 6.93. The third-order valence-corrected chi connectivity index (χ3v) is 4.74. The third kappa shape index (κ3) is 4.19. The first kappa shape index (κ1) is 21.1. The van der Waals surface area contributed by atoms with E-state index in [2.05, 4.69) is 10.3 Å². The molecule has 2 heterocycles. The number of carbonyl (C=O) groups excluding carboxylic acids is 4. The Labute approximate surface area is 172 Å². The molecule has 30 heavy (non-hydrogen) atoms. The summed E-state index contributed by atoms with van der Waals surface area (Å²) in [5, 5.41) is 2.44. The highest BCUT2D eigenvalue weighted by Crippen LogP contribution is 2.32. The van der Waals surface area contributed by atoms with Crippen molar-refractivity contribution in [3.63, 3.8) is 0 Å². The van der Waals surface area contributed by atoms with Crippen molar-refractivity contribution in [1.29, 1.82) is 0 Å². The quantitative estimate of drug-likeness (QED) is 0.525. The molecule has 158 valence electrons. The summed E-state index contributed by atoms with van der Waals surface area (Å²) in [6.45, 7) is 5.89. The van der Waals surface area contributed by atoms with Crippen LogP contribution in [0, 0.1) is 13.8 Å². The van der Waals surface area contributed by atoms with Gasteiger partial charge in [0.1, 0.15) is 6.54 Å². The Kier molecular flexibility index (Phi) is 5.91. The highest BCUT2D eigenvalue weighted by molar-refractivity contribution is 6.05. The minimum atomic E-state index is -1.09. The van der Waals surface area contributed by atoms with Crippen LogP contribution in [0.15, 0.2) is 18.2 Å². The molecule has 9 nitrogen and oxygen atoms in total. The van der Waals surface area contributed by atoms with Crippen molar-refractivity contribution < 1.29 is 33.4 Å². The van der Waals surface area contributed by atoms with Gasteiger partial charge >= 0.3 is 5.97 Å². The van der Waals surface area contributed by atoms with Gasteiger partial charge in [0.25, 0.3) is 5.91 Å². The van der Waals surface area contributed by atoms with Gasteiger partial charge in [0.2, 0.25) is 12.6 Å². The number of fused-ring (bicyclic) bond motifs is 1. The number of nitrogens with one attached hydrogen (secondary N) is 2. The molecule has 0 spiro atoms. The monoisotopic (exact) mass is 414 g/mol. The van der Waals surface area contributed by atoms with E-state index in [9.17, 15) is 19.2 Å². The van der Waals surface area contributed by atoms with Crippen molar-refractivity contribution >= 4 is 23.4 Å². The number of Topliss-reactive ketones (excluding diaryl/α,β-unsaturated/α-hetero) is 2. The molecule has 1 atom stereocenters. The highest BCUT2D eigenvalue weighted by atomic mass is 16.7. The summed E-state index contributed by atoms with van der Waals surface area (Å²) < 4.78 is 15.5. The number of carbonyl (C=O) groups is 4. The van der Waals surface area contributed by atoms with Gasteiger partial charge in [-0.2, -0.15) is 0 Å². The Balaban J connectivity index is 1.57. The summed E-state index contributed by atoms with van der Waals surface area (Å²) in [6, 6.07) is 4.66. The Morgan fingerprint density at radius 2 is 1.87 bits per heavy atom. The smallest absolute Gasteiger partial charge is 0.326 e. The lowest BCUT2D eigenvalue weighted by Crippen LogP contribution is -2.34. The molecule has 0 radical (unpaired) electrons. The second-order valence-electron chi connectivity index (χ2n) is 6.93. The average molecular weight is 414 g/mol. The molecule has 0 saturated carbocycles. The molecule has 0 saturated heterocycles. The number of aromatic amines is 1. The van der Waals surface area contributed by atoms with Crippen molar-refractivity contribution in [3.05, 3.63) is 46.3 Å². The van der Waals surface area contributed by atoms with Crippen molar-refractivity contribution in [1.82, 2.24) is 10.3 Å². The van der Waals surface area contributed by atoms with Crippen LogP contribution >= 0.6 is 0 Å². The largest absolute Gasteiger partial charge is 0.454 e. The van der Waals surface area contributed by atoms with Gasteiger partial charge in [0.15, 0.2) is 23.4 Å². The van der Waals surface area contributed by atoms with E-state index in [-0.39, 0.29) is 18.3 Å². The number of benzene rings is 1. The molecule has 3 rings (SSSR count). The van der Waals surface area contributed by atoms with Crippen LogP contribution in [-0.2, 0) is 9.53 Å². The normalized spacial score (nSPS) is 12.9. The fourth-order valence-corrected chi connectivity index (χ4v) is 3.31. The lowest BCUT2D eigenvalue weighted by Gasteiger charge is -2.13. The summed E-state index contributed by atoms with van der Waals surface area (Å²) in [7, 11) is 0. The summed E-state index contributed by atoms with van der Waals surface area (Å²) >= 11 is 0. The standard InChI is InChI=1S/C21H22N2O7/c1-10-18(12(3)24)11(2)23-19(10)20(26)13(4)30-17(25)8-22-21(27)14-5-6-15-16(7-14)29-9-28-15/h5-7,13,23H,8-9H2,1-4H3,(H,22,27)/t13-/m0/s1. The maximum atomic E-state index is 12.6. The first-order chi connectivity index (χ1) is 14.2. The summed E-state index contributed by atoms with van der Waals surface area (Å²) in [4.78, 5) is 51.5. The molecule has 2 aromatic rings. The summed E-state index contributed by atoms with van der Waals surface area (Å²) in [6.07, 6.45) is -1.09. The predicted octanol–water partition coefficient (Wildman–Crippen LogP) is 2.11. The fraction of sp³-hybridized carbons (Fsp3) is 0.333. The van der Waals surface area contributed by atoms with Crippen LogP contribution < -0.4 is 14.8 Å². The lowest BCUT2D eigenvalue weighted by atomic mass is 10.0. The number of aromatic nitrogens is 1. The number of esters is 1. The Hall–Kier alpha value is -3.62. The number of H-pyrrole nitrogens is 1. The van der Waals surface area contributed by atoms with E-state index in [1.807, 2.05) is 0 Å². The topological polar surface area (TPSA) is 124 Å². The summed E-state index contributed by atoms with van der Waals surface area (Å²) in [5.41, 5.74) is 2.07. The molecule has 1 aromatic carbocycles. The maximum absolute atomic E-state index is 12.6. The Bertz CT molecular complexity index is 1040. The molecular weight excluding hydrogens is 392 g/mol. The summed E-state index contributed by atoms with van der Waals surface area (Å²) in [5.74, 6) is -0.884. The second kappa shape index (κ2) is 8.40. The zero-order chi connectivity index (χ0) is 22.0. The number of hydrogen-bond donors (Lipinski definition) is 2. The molecule has 0 fully saturated rings. The molecular formula is C21H22N2O7. The molecule has 1 aliphatic rings. The lowest BCUT2D eigenvalue weighted by molar-refractivity contribution is -0.145. The van der Waals surface area contributed by atoms with Crippen LogP contribution in [0.4, 0.5) is 0 Å². The van der Waals surface area contributed by atoms with Crippen molar-refractivity contribution in [3.8, 4) is 11.5 Å². The molecule has 9 heteroatoms. The van der Waals surface area contributed by atoms with Gasteiger partial charge in [-0.05, 0) is 51.5 Å². The van der Waals surface area contributed by atoms with Gasteiger partial charge in [-0.25, -0.2) is 0 Å². The van der Waals surface area contributed by atoms with Gasteiger partial charge in [-0.1, -0.05) is 0 Å². The van der Waals surface area contributed by atoms with Crippen LogP contribution in [0.3, 0.4) is 0 Å². The molecule has 1 amide bonds. The number of hydrogen-bond acceptors (Lipinski definition) is 7. The van der Waals surface area contributed by atoms with E-state index in [1.54, 1.807) is 26.0 Å². The number of aryl methyl sites for hydroxylation is 1. The Morgan fingerprint density at radius 1 is 1.17 bits per heavy atom. The zero-order valence-corrected chi connectivity index (χ0v) is 17.1. The van der Waals surface area contributed by atoms with E-state index in [1.165, 1.54) is 19.9 Å². The fourth-order valence-electron chi connectivity index (χ4n) is 3.31. The van der Waals surface area contributed by atoms with Crippen LogP contribution in [0.2, 0.25) is 0 Å². The van der Waals surface area contributed by atoms with Gasteiger partial charge in [0.05, 0.1) is 5.69 Å². The van der Waals surface area contributed by atoms with Crippen LogP contribution in [0.25, 0.3) is 0 Å². The number of ketones is 2. The SMILES string of the molecule is CC(=O)c1c(C)[nH]c(C(=O)[C@H](C)OC(=O)CNC(=O)c2ccc3c(c2)OCO3)c1C. The van der Waals surface area contributed by atoms with Gasteiger partial charge in [0, 0.05) is 16.8 Å². The van der Waals surface area contributed by atoms with Crippen LogP contribution in [0.1, 0.15) is 56.3 Å². The zero-order valence-electron chi connectivity index (χ0n) is 17.1. The molecule has 0 aliphatic carbocycles. The van der Waals surface area contributed by atoms with Gasteiger partial charge < -0.3 is 24.5 Å². The van der Waals surface area contributed by atoms with E-state index >= 15 is 0 Å². The molecule has 0 bridgehead atoms.